The zero-order valence-corrected chi connectivity index (χ0v) is 13.0. The van der Waals surface area contributed by atoms with Crippen LogP contribution in [0.25, 0.3) is 0 Å². The highest BCUT2D eigenvalue weighted by molar-refractivity contribution is 5.25. The topological polar surface area (TPSA) is 0 Å². The van der Waals surface area contributed by atoms with E-state index in [1.807, 2.05) is 0 Å². The van der Waals surface area contributed by atoms with Gasteiger partial charge in [0.1, 0.15) is 0 Å². The van der Waals surface area contributed by atoms with Crippen LogP contribution in [0, 0.1) is 71.0 Å². The maximum atomic E-state index is 2.64. The van der Waals surface area contributed by atoms with Crippen LogP contribution >= 0.6 is 0 Å². The van der Waals surface area contributed by atoms with Gasteiger partial charge in [-0.2, -0.15) is 0 Å². The van der Waals surface area contributed by atoms with Crippen LogP contribution in [0.4, 0.5) is 0 Å². The van der Waals surface area contributed by atoms with Crippen LogP contribution in [0.15, 0.2) is 12.2 Å². The molecule has 0 amide bonds. The molecule has 0 aromatic carbocycles. The van der Waals surface area contributed by atoms with Gasteiger partial charge in [0.25, 0.3) is 0 Å². The predicted octanol–water partition coefficient (Wildman–Crippen LogP) is 4.76. The Morgan fingerprint density at radius 2 is 1.00 bits per heavy atom. The van der Waals surface area contributed by atoms with Crippen molar-refractivity contribution in [3.63, 3.8) is 0 Å². The van der Waals surface area contributed by atoms with Crippen molar-refractivity contribution in [2.24, 2.45) is 71.0 Å². The van der Waals surface area contributed by atoms with Crippen molar-refractivity contribution in [1.82, 2.24) is 0 Å². The van der Waals surface area contributed by atoms with Gasteiger partial charge in [-0.3, -0.25) is 0 Å². The standard InChI is InChI=1S/C21H28/c1-2-4-13-12(3-1)14-8-15(13)21-17-9-16(20(14)21)18-10-5-6-11(7-10)19(17)18/h5-6,10-21H,1-4,7-9H2. The lowest BCUT2D eigenvalue weighted by atomic mass is 9.55. The van der Waals surface area contributed by atoms with Crippen molar-refractivity contribution in [3.05, 3.63) is 12.2 Å². The summed E-state index contributed by atoms with van der Waals surface area (Å²) in [7, 11) is 0. The van der Waals surface area contributed by atoms with Gasteiger partial charge in [0.15, 0.2) is 0 Å². The monoisotopic (exact) mass is 280 g/mol. The molecule has 0 spiro atoms. The highest BCUT2D eigenvalue weighted by atomic mass is 14.8. The summed E-state index contributed by atoms with van der Waals surface area (Å²) >= 11 is 0. The quantitative estimate of drug-likeness (QED) is 0.443. The summed E-state index contributed by atoms with van der Waals surface area (Å²) in [5, 5.41) is 0. The van der Waals surface area contributed by atoms with Gasteiger partial charge in [-0.05, 0) is 103 Å². The molecule has 7 rings (SSSR count). The van der Waals surface area contributed by atoms with Crippen LogP contribution in [-0.2, 0) is 0 Å². The summed E-state index contributed by atoms with van der Waals surface area (Å²) in [4.78, 5) is 0. The molecular formula is C21H28. The molecule has 6 saturated carbocycles. The molecule has 12 unspecified atom stereocenters. The number of fused-ring (bicyclic) bond motifs is 19. The Hall–Kier alpha value is -0.260. The van der Waals surface area contributed by atoms with Gasteiger partial charge in [-0.15, -0.1) is 0 Å². The molecule has 0 aromatic heterocycles. The van der Waals surface area contributed by atoms with Crippen LogP contribution in [0.1, 0.15) is 44.9 Å². The molecule has 6 bridgehead atoms. The molecule has 0 radical (unpaired) electrons. The molecule has 0 heteroatoms. The predicted molar refractivity (Wildman–Crippen MR) is 83.3 cm³/mol. The van der Waals surface area contributed by atoms with Crippen molar-refractivity contribution < 1.29 is 0 Å². The number of rotatable bonds is 0. The fourth-order valence-corrected chi connectivity index (χ4v) is 10.1. The van der Waals surface area contributed by atoms with E-state index in [0.29, 0.717) is 0 Å². The van der Waals surface area contributed by atoms with Gasteiger partial charge in [-0.25, -0.2) is 0 Å². The average Bonchev–Trinajstić information content (AvgIpc) is 3.30. The molecule has 112 valence electrons. The second kappa shape index (κ2) is 3.46. The van der Waals surface area contributed by atoms with Gasteiger partial charge in [0.2, 0.25) is 0 Å². The van der Waals surface area contributed by atoms with Gasteiger partial charge in [-0.1, -0.05) is 25.0 Å². The molecule has 6 fully saturated rings. The molecule has 0 heterocycles. The molecule has 0 nitrogen and oxygen atoms in total. The van der Waals surface area contributed by atoms with E-state index < -0.39 is 0 Å². The zero-order chi connectivity index (χ0) is 13.3. The van der Waals surface area contributed by atoms with Crippen molar-refractivity contribution >= 4 is 0 Å². The van der Waals surface area contributed by atoms with E-state index in [1.54, 1.807) is 44.9 Å². The van der Waals surface area contributed by atoms with Gasteiger partial charge in [0, 0.05) is 0 Å². The highest BCUT2D eigenvalue weighted by Gasteiger charge is 2.72. The lowest BCUT2D eigenvalue weighted by Gasteiger charge is -2.49. The van der Waals surface area contributed by atoms with E-state index in [0.717, 1.165) is 23.7 Å². The second-order valence-corrected chi connectivity index (χ2v) is 10.00. The van der Waals surface area contributed by atoms with E-state index in [4.69, 9.17) is 0 Å². The van der Waals surface area contributed by atoms with E-state index >= 15 is 0 Å². The maximum absolute atomic E-state index is 2.64. The Labute approximate surface area is 128 Å². The first kappa shape index (κ1) is 11.3. The summed E-state index contributed by atoms with van der Waals surface area (Å²) < 4.78 is 0. The Kier molecular flexibility index (Phi) is 1.86. The van der Waals surface area contributed by atoms with Crippen molar-refractivity contribution in [1.29, 1.82) is 0 Å². The summed E-state index contributed by atoms with van der Waals surface area (Å²) in [6.45, 7) is 0. The molecule has 0 saturated heterocycles. The largest absolute Gasteiger partial charge is 0.0848 e. The summed E-state index contributed by atoms with van der Waals surface area (Å²) in [5.74, 6) is 13.9. The third-order valence-electron chi connectivity index (χ3n) is 10.1. The smallest absolute Gasteiger partial charge is 0.0194 e. The second-order valence-electron chi connectivity index (χ2n) is 10.00. The fraction of sp³-hybridized carbons (Fsp3) is 0.905. The van der Waals surface area contributed by atoms with Gasteiger partial charge in [0.05, 0.1) is 0 Å². The van der Waals surface area contributed by atoms with Gasteiger partial charge < -0.3 is 0 Å². The average molecular weight is 280 g/mol. The van der Waals surface area contributed by atoms with Crippen molar-refractivity contribution in [2.45, 2.75) is 44.9 Å². The Bertz CT molecular complexity index is 488. The van der Waals surface area contributed by atoms with Crippen LogP contribution < -0.4 is 0 Å². The normalized spacial score (nSPS) is 71.2. The zero-order valence-electron chi connectivity index (χ0n) is 13.0. The van der Waals surface area contributed by atoms with E-state index in [2.05, 4.69) is 12.2 Å². The highest BCUT2D eigenvalue weighted by Crippen LogP contribution is 2.78. The van der Waals surface area contributed by atoms with Crippen LogP contribution in [0.2, 0.25) is 0 Å². The summed E-state index contributed by atoms with van der Waals surface area (Å²) in [6, 6.07) is 0. The van der Waals surface area contributed by atoms with Crippen molar-refractivity contribution in [3.8, 4) is 0 Å². The first-order valence-electron chi connectivity index (χ1n) is 10.1. The first-order chi connectivity index (χ1) is 10.4. The fourth-order valence-electron chi connectivity index (χ4n) is 10.1. The van der Waals surface area contributed by atoms with Crippen LogP contribution in [-0.4, -0.2) is 0 Å². The number of hydrogen-bond donors (Lipinski definition) is 0. The van der Waals surface area contributed by atoms with Crippen LogP contribution in [0.5, 0.6) is 0 Å². The third kappa shape index (κ3) is 1.08. The lowest BCUT2D eigenvalue weighted by molar-refractivity contribution is -0.0132. The summed E-state index contributed by atoms with van der Waals surface area (Å²) in [6.07, 6.45) is 16.6. The SMILES string of the molecule is C1=CC2CC1C1C3CC(C21)C1C2CC(C4CCCCC42)C31. The first-order valence-corrected chi connectivity index (χ1v) is 10.1. The minimum absolute atomic E-state index is 1.03. The van der Waals surface area contributed by atoms with E-state index in [1.165, 1.54) is 47.3 Å². The van der Waals surface area contributed by atoms with E-state index in [-0.39, 0.29) is 0 Å². The third-order valence-corrected chi connectivity index (χ3v) is 10.1. The summed E-state index contributed by atoms with van der Waals surface area (Å²) in [5.41, 5.74) is 0. The number of allylic oxidation sites excluding steroid dienone is 2. The Morgan fingerprint density at radius 3 is 1.57 bits per heavy atom. The maximum Gasteiger partial charge on any atom is -0.0194 e. The van der Waals surface area contributed by atoms with Gasteiger partial charge >= 0.3 is 0 Å². The molecule has 7 aliphatic carbocycles. The molecule has 0 aromatic rings. The van der Waals surface area contributed by atoms with E-state index in [9.17, 15) is 0 Å². The number of hydrogen-bond acceptors (Lipinski definition) is 0. The lowest BCUT2D eigenvalue weighted by Crippen LogP contribution is -2.45. The van der Waals surface area contributed by atoms with Crippen molar-refractivity contribution in [2.75, 3.05) is 0 Å². The van der Waals surface area contributed by atoms with Crippen LogP contribution in [0.3, 0.4) is 0 Å². The molecule has 7 aliphatic rings. The Balaban J connectivity index is 1.32. The molecular weight excluding hydrogens is 252 g/mol. The minimum Gasteiger partial charge on any atom is -0.0848 e. The molecule has 12 atom stereocenters. The Morgan fingerprint density at radius 1 is 0.476 bits per heavy atom. The molecule has 21 heavy (non-hydrogen) atoms. The molecule has 0 N–H and O–H groups in total. The minimum atomic E-state index is 1.03. The molecule has 0 aliphatic heterocycles.